The number of aromatic nitrogens is 1. The number of hydrogen-bond acceptors (Lipinski definition) is 9. The molecule has 1 aromatic heterocycles. The number of carbonyl (C=O) groups is 3. The minimum Gasteiger partial charge on any atom is -0.391 e. The van der Waals surface area contributed by atoms with E-state index in [0.717, 1.165) is 42.2 Å². The lowest BCUT2D eigenvalue weighted by atomic mass is 9.85. The molecule has 0 spiro atoms. The topological polar surface area (TPSA) is 147 Å². The zero-order valence-corrected chi connectivity index (χ0v) is 25.0. The van der Waals surface area contributed by atoms with Crippen molar-refractivity contribution in [2.24, 2.45) is 5.41 Å². The van der Waals surface area contributed by atoms with Crippen LogP contribution in [0.5, 0.6) is 0 Å². The predicted molar refractivity (Wildman–Crippen MR) is 157 cm³/mol. The van der Waals surface area contributed by atoms with Gasteiger partial charge in [0.1, 0.15) is 12.1 Å². The Labute approximate surface area is 245 Å². The Kier molecular flexibility index (Phi) is 10.1. The van der Waals surface area contributed by atoms with Crippen LogP contribution in [0, 0.1) is 5.41 Å². The number of nitrogens with zero attached hydrogens (tertiary/aromatic N) is 3. The van der Waals surface area contributed by atoms with E-state index in [1.165, 1.54) is 16.2 Å². The number of piperazine rings is 1. The smallest absolute Gasteiger partial charge is 0.246 e. The van der Waals surface area contributed by atoms with E-state index in [1.54, 1.807) is 5.51 Å². The number of amides is 3. The van der Waals surface area contributed by atoms with Gasteiger partial charge in [-0.05, 0) is 23.5 Å². The molecular formula is C29H42N6O5S. The van der Waals surface area contributed by atoms with Crippen LogP contribution in [0.3, 0.4) is 0 Å². The number of likely N-dealkylation sites (tertiary alicyclic amines) is 1. The molecule has 12 heteroatoms. The number of β-amino-alcohol motifs (C(OH)–C–C–N with tert-alkyl or cyclic N) is 1. The van der Waals surface area contributed by atoms with E-state index < -0.39 is 23.6 Å². The van der Waals surface area contributed by atoms with Crippen LogP contribution in [0.15, 0.2) is 29.8 Å². The Balaban J connectivity index is 1.42. The molecule has 2 saturated heterocycles. The number of rotatable bonds is 9. The second-order valence-corrected chi connectivity index (χ2v) is 12.8. The van der Waals surface area contributed by atoms with Gasteiger partial charge in [-0.2, -0.15) is 0 Å². The van der Waals surface area contributed by atoms with Gasteiger partial charge in [0, 0.05) is 39.1 Å². The largest absolute Gasteiger partial charge is 0.391 e. The van der Waals surface area contributed by atoms with Crippen molar-refractivity contribution in [2.45, 2.75) is 65.0 Å². The van der Waals surface area contributed by atoms with Gasteiger partial charge in [-0.1, -0.05) is 45.0 Å². The van der Waals surface area contributed by atoms with Gasteiger partial charge in [0.2, 0.25) is 17.7 Å². The molecule has 3 heterocycles. The minimum absolute atomic E-state index is 0.0300. The van der Waals surface area contributed by atoms with Crippen molar-refractivity contribution in [3.8, 4) is 10.4 Å². The minimum atomic E-state index is -0.849. The highest BCUT2D eigenvalue weighted by Crippen LogP contribution is 2.30. The molecule has 5 N–H and O–H groups in total. The maximum Gasteiger partial charge on any atom is 0.246 e. The number of benzene rings is 1. The molecule has 4 atom stereocenters. The molecule has 4 rings (SSSR count). The fraction of sp³-hybridized carbons (Fsp3) is 0.586. The van der Waals surface area contributed by atoms with Crippen molar-refractivity contribution in [2.75, 3.05) is 39.3 Å². The van der Waals surface area contributed by atoms with Gasteiger partial charge >= 0.3 is 0 Å². The van der Waals surface area contributed by atoms with E-state index in [9.17, 15) is 24.6 Å². The van der Waals surface area contributed by atoms with Crippen molar-refractivity contribution < 1.29 is 24.6 Å². The molecule has 224 valence electrons. The van der Waals surface area contributed by atoms with E-state index in [0.29, 0.717) is 5.69 Å². The summed E-state index contributed by atoms with van der Waals surface area (Å²) in [4.78, 5) is 48.7. The zero-order chi connectivity index (χ0) is 29.7. The number of carbonyl (C=O) groups excluding carboxylic acids is 3. The summed E-state index contributed by atoms with van der Waals surface area (Å²) in [5, 5.41) is 29.2. The summed E-state index contributed by atoms with van der Waals surface area (Å²) < 4.78 is 0. The maximum absolute atomic E-state index is 13.8. The molecular weight excluding hydrogens is 544 g/mol. The normalized spacial score (nSPS) is 21.4. The van der Waals surface area contributed by atoms with Crippen molar-refractivity contribution in [3.05, 3.63) is 41.0 Å². The highest BCUT2D eigenvalue weighted by atomic mass is 32.1. The Hall–Kier alpha value is -2.90. The standard InChI is InChI=1S/C29H42N6O5S/c1-18(19-5-7-20(8-6-19)25-22(16-36)31-17-41-25)32-27(39)23-13-21(37)14-35(23)28(40)26(29(2,3)4)33-24(38)15-34-11-9-30-10-12-34/h5-8,17-18,21,23,26,30,36-37H,9-16H2,1-4H3,(H,32,39)(H,33,38)/t18?,21-,23+,26?/m1/s1. The van der Waals surface area contributed by atoms with Gasteiger partial charge in [0.25, 0.3) is 0 Å². The van der Waals surface area contributed by atoms with E-state index in [4.69, 9.17) is 0 Å². The molecule has 0 radical (unpaired) electrons. The van der Waals surface area contributed by atoms with Crippen LogP contribution in [0.25, 0.3) is 10.4 Å². The molecule has 2 aliphatic heterocycles. The third-order valence-corrected chi connectivity index (χ3v) is 8.60. The second-order valence-electron chi connectivity index (χ2n) is 11.9. The van der Waals surface area contributed by atoms with Gasteiger partial charge in [-0.25, -0.2) is 4.98 Å². The molecule has 41 heavy (non-hydrogen) atoms. The summed E-state index contributed by atoms with van der Waals surface area (Å²) in [6.07, 6.45) is -0.703. The van der Waals surface area contributed by atoms with Gasteiger partial charge in [-0.3, -0.25) is 19.3 Å². The Morgan fingerprint density at radius 2 is 1.83 bits per heavy atom. The summed E-state index contributed by atoms with van der Waals surface area (Å²) in [6, 6.07) is 5.64. The summed E-state index contributed by atoms with van der Waals surface area (Å²) >= 11 is 1.45. The van der Waals surface area contributed by atoms with Gasteiger partial charge in [-0.15, -0.1) is 11.3 Å². The Morgan fingerprint density at radius 3 is 2.46 bits per heavy atom. The first-order valence-electron chi connectivity index (χ1n) is 14.1. The summed E-state index contributed by atoms with van der Waals surface area (Å²) in [7, 11) is 0. The molecule has 2 aliphatic rings. The highest BCUT2D eigenvalue weighted by molar-refractivity contribution is 7.13. The molecule has 11 nitrogen and oxygen atoms in total. The number of aliphatic hydroxyl groups excluding tert-OH is 2. The van der Waals surface area contributed by atoms with E-state index in [-0.39, 0.29) is 49.9 Å². The molecule has 0 bridgehead atoms. The third kappa shape index (κ3) is 7.69. The van der Waals surface area contributed by atoms with Crippen LogP contribution in [0.2, 0.25) is 0 Å². The average Bonchev–Trinajstić information content (AvgIpc) is 3.58. The van der Waals surface area contributed by atoms with Crippen molar-refractivity contribution in [3.63, 3.8) is 0 Å². The van der Waals surface area contributed by atoms with E-state index >= 15 is 0 Å². The molecule has 3 amide bonds. The van der Waals surface area contributed by atoms with Gasteiger partial charge in [0.05, 0.1) is 41.4 Å². The first kappa shape index (κ1) is 31.0. The fourth-order valence-corrected chi connectivity index (χ4v) is 6.14. The molecule has 0 aliphatic carbocycles. The number of thiazole rings is 1. The molecule has 2 fully saturated rings. The summed E-state index contributed by atoms with van der Waals surface area (Å²) in [5.74, 6) is -0.956. The van der Waals surface area contributed by atoms with Gasteiger partial charge in [0.15, 0.2) is 0 Å². The van der Waals surface area contributed by atoms with Crippen LogP contribution in [-0.4, -0.2) is 100 Å². The van der Waals surface area contributed by atoms with Crippen LogP contribution in [0.4, 0.5) is 0 Å². The van der Waals surface area contributed by atoms with E-state index in [2.05, 4.69) is 20.9 Å². The number of hydrogen-bond donors (Lipinski definition) is 5. The van der Waals surface area contributed by atoms with Crippen molar-refractivity contribution in [1.29, 1.82) is 0 Å². The third-order valence-electron chi connectivity index (χ3n) is 7.68. The highest BCUT2D eigenvalue weighted by Gasteiger charge is 2.44. The lowest BCUT2D eigenvalue weighted by Crippen LogP contribution is -2.59. The second kappa shape index (κ2) is 13.4. The Morgan fingerprint density at radius 1 is 1.15 bits per heavy atom. The molecule has 0 saturated carbocycles. The van der Waals surface area contributed by atoms with Crippen LogP contribution in [0.1, 0.15) is 51.4 Å². The fourth-order valence-electron chi connectivity index (χ4n) is 5.33. The van der Waals surface area contributed by atoms with Gasteiger partial charge < -0.3 is 31.1 Å². The maximum atomic E-state index is 13.8. The summed E-state index contributed by atoms with van der Waals surface area (Å²) in [5.41, 5.74) is 3.53. The molecule has 2 aromatic rings. The number of nitrogens with one attached hydrogen (secondary N) is 3. The van der Waals surface area contributed by atoms with Crippen LogP contribution in [-0.2, 0) is 21.0 Å². The first-order valence-corrected chi connectivity index (χ1v) is 15.0. The van der Waals surface area contributed by atoms with E-state index in [1.807, 2.05) is 56.9 Å². The lowest BCUT2D eigenvalue weighted by molar-refractivity contribution is -0.144. The predicted octanol–water partition coefficient (Wildman–Crippen LogP) is 0.878. The average molecular weight is 587 g/mol. The van der Waals surface area contributed by atoms with Crippen molar-refractivity contribution in [1.82, 2.24) is 30.7 Å². The summed E-state index contributed by atoms with van der Waals surface area (Å²) in [6.45, 7) is 10.8. The quantitative estimate of drug-likeness (QED) is 0.291. The van der Waals surface area contributed by atoms with Crippen LogP contribution >= 0.6 is 11.3 Å². The SMILES string of the molecule is CC(NC(=O)[C@@H]1C[C@@H](O)CN1C(=O)C(NC(=O)CN1CCNCC1)C(C)(C)C)c1ccc(-c2scnc2CO)cc1. The number of aliphatic hydroxyl groups is 2. The zero-order valence-electron chi connectivity index (χ0n) is 24.2. The Bertz CT molecular complexity index is 1210. The molecule has 2 unspecified atom stereocenters. The first-order chi connectivity index (χ1) is 19.5. The lowest BCUT2D eigenvalue weighted by Gasteiger charge is -2.36. The monoisotopic (exact) mass is 586 g/mol. The van der Waals surface area contributed by atoms with Crippen molar-refractivity contribution >= 4 is 29.1 Å². The molecule has 1 aromatic carbocycles. The van der Waals surface area contributed by atoms with Crippen LogP contribution < -0.4 is 16.0 Å².